The molecule has 0 saturated heterocycles. The Balaban J connectivity index is 4.02. The molecule has 0 aromatic heterocycles. The molecule has 0 aromatic rings. The van der Waals surface area contributed by atoms with Crippen molar-refractivity contribution in [2.45, 2.75) is 19.8 Å². The zero-order valence-corrected chi connectivity index (χ0v) is 10.8. The van der Waals surface area contributed by atoms with Gasteiger partial charge in [0.1, 0.15) is 0 Å². The van der Waals surface area contributed by atoms with Gasteiger partial charge in [-0.3, -0.25) is 9.59 Å². The van der Waals surface area contributed by atoms with E-state index >= 15 is 0 Å². The summed E-state index contributed by atoms with van der Waals surface area (Å²) in [6.45, 7) is 1.98. The molecule has 8 heteroatoms. The maximum Gasteiger partial charge on any atom is 0.303 e. The lowest BCUT2D eigenvalue weighted by molar-refractivity contribution is -0.137. The molecule has 0 saturated carbocycles. The van der Waals surface area contributed by atoms with Gasteiger partial charge in [0.05, 0.1) is 12.3 Å². The molecule has 2 N–H and O–H groups in total. The molecule has 0 aliphatic rings. The Morgan fingerprint density at radius 2 is 1.94 bits per heavy atom. The Labute approximate surface area is 101 Å². The summed E-state index contributed by atoms with van der Waals surface area (Å²) >= 11 is 0. The number of amides is 1. The third-order valence-corrected chi connectivity index (χ3v) is 3.56. The molecule has 0 atom stereocenters. The van der Waals surface area contributed by atoms with Crippen LogP contribution in [-0.4, -0.2) is 56.2 Å². The summed E-state index contributed by atoms with van der Waals surface area (Å²) in [5, 5.41) is 8.36. The van der Waals surface area contributed by atoms with Gasteiger partial charge in [0.2, 0.25) is 15.9 Å². The topological polar surface area (TPSA) is 104 Å². The number of carboxylic acid groups (broad SMARTS) is 1. The van der Waals surface area contributed by atoms with Crippen LogP contribution in [0.15, 0.2) is 0 Å². The zero-order valence-electron chi connectivity index (χ0n) is 9.97. The SMILES string of the molecule is CCN(C)C(=O)CNS(=O)(=O)CCCC(=O)O. The molecule has 0 fully saturated rings. The number of likely N-dealkylation sites (N-methyl/N-ethyl adjacent to an activating group) is 1. The summed E-state index contributed by atoms with van der Waals surface area (Å²) in [7, 11) is -2.00. The molecular weight excluding hydrogens is 248 g/mol. The first-order valence-electron chi connectivity index (χ1n) is 5.21. The molecule has 0 radical (unpaired) electrons. The molecule has 0 aliphatic heterocycles. The highest BCUT2D eigenvalue weighted by molar-refractivity contribution is 7.89. The van der Waals surface area contributed by atoms with E-state index in [1.807, 2.05) is 0 Å². The summed E-state index contributed by atoms with van der Waals surface area (Å²) in [6, 6.07) is 0. The van der Waals surface area contributed by atoms with Gasteiger partial charge >= 0.3 is 5.97 Å². The van der Waals surface area contributed by atoms with E-state index in [4.69, 9.17) is 5.11 Å². The van der Waals surface area contributed by atoms with Crippen LogP contribution in [0.2, 0.25) is 0 Å². The van der Waals surface area contributed by atoms with Crippen molar-refractivity contribution < 1.29 is 23.1 Å². The summed E-state index contributed by atoms with van der Waals surface area (Å²) in [4.78, 5) is 22.9. The van der Waals surface area contributed by atoms with Gasteiger partial charge in [0.15, 0.2) is 0 Å². The molecule has 0 rings (SSSR count). The van der Waals surface area contributed by atoms with Crippen LogP contribution in [0.25, 0.3) is 0 Å². The maximum absolute atomic E-state index is 11.4. The molecule has 0 bridgehead atoms. The van der Waals surface area contributed by atoms with Crippen LogP contribution in [0.4, 0.5) is 0 Å². The van der Waals surface area contributed by atoms with Crippen LogP contribution < -0.4 is 4.72 Å². The van der Waals surface area contributed by atoms with E-state index in [1.54, 1.807) is 14.0 Å². The van der Waals surface area contributed by atoms with Crippen molar-refractivity contribution in [1.82, 2.24) is 9.62 Å². The molecule has 100 valence electrons. The molecule has 0 heterocycles. The van der Waals surface area contributed by atoms with E-state index in [2.05, 4.69) is 4.72 Å². The van der Waals surface area contributed by atoms with Crippen molar-refractivity contribution in [3.63, 3.8) is 0 Å². The van der Waals surface area contributed by atoms with Crippen molar-refractivity contribution in [2.24, 2.45) is 0 Å². The number of carboxylic acids is 1. The minimum absolute atomic E-state index is 0.0302. The number of aliphatic carboxylic acids is 1. The fourth-order valence-corrected chi connectivity index (χ4v) is 1.98. The lowest BCUT2D eigenvalue weighted by Crippen LogP contribution is -2.38. The first-order valence-corrected chi connectivity index (χ1v) is 6.87. The number of hydrogen-bond donors (Lipinski definition) is 2. The van der Waals surface area contributed by atoms with E-state index in [1.165, 1.54) is 4.90 Å². The average molecular weight is 266 g/mol. The summed E-state index contributed by atoms with van der Waals surface area (Å²) < 4.78 is 24.8. The van der Waals surface area contributed by atoms with E-state index in [0.29, 0.717) is 6.54 Å². The number of nitrogens with one attached hydrogen (secondary N) is 1. The number of nitrogens with zero attached hydrogens (tertiary/aromatic N) is 1. The van der Waals surface area contributed by atoms with Gasteiger partial charge in [-0.1, -0.05) is 0 Å². The van der Waals surface area contributed by atoms with Crippen molar-refractivity contribution >= 4 is 21.9 Å². The maximum atomic E-state index is 11.4. The number of sulfonamides is 1. The van der Waals surface area contributed by atoms with Crippen LogP contribution in [0.5, 0.6) is 0 Å². The summed E-state index contributed by atoms with van der Waals surface area (Å²) in [5.74, 6) is -1.65. The fourth-order valence-electron chi connectivity index (χ4n) is 0.969. The third-order valence-electron chi connectivity index (χ3n) is 2.15. The number of hydrogen-bond acceptors (Lipinski definition) is 4. The average Bonchev–Trinajstić information content (AvgIpc) is 2.24. The van der Waals surface area contributed by atoms with Gasteiger partial charge in [-0.25, -0.2) is 13.1 Å². The number of carbonyl (C=O) groups is 2. The van der Waals surface area contributed by atoms with Gasteiger partial charge in [-0.15, -0.1) is 0 Å². The molecule has 0 spiro atoms. The van der Waals surface area contributed by atoms with Gasteiger partial charge in [-0.05, 0) is 13.3 Å². The Bertz CT molecular complexity index is 366. The van der Waals surface area contributed by atoms with Crippen molar-refractivity contribution in [2.75, 3.05) is 25.9 Å². The molecular formula is C9H18N2O5S. The molecule has 17 heavy (non-hydrogen) atoms. The second-order valence-corrected chi connectivity index (χ2v) is 5.47. The van der Waals surface area contributed by atoms with Gasteiger partial charge in [-0.2, -0.15) is 0 Å². The molecule has 0 aliphatic carbocycles. The molecule has 7 nitrogen and oxygen atoms in total. The minimum atomic E-state index is -3.57. The molecule has 0 aromatic carbocycles. The van der Waals surface area contributed by atoms with Crippen molar-refractivity contribution in [3.05, 3.63) is 0 Å². The summed E-state index contributed by atoms with van der Waals surface area (Å²) in [5.41, 5.74) is 0. The second kappa shape index (κ2) is 7.23. The van der Waals surface area contributed by atoms with Crippen LogP contribution in [0.3, 0.4) is 0 Å². The first kappa shape index (κ1) is 15.9. The van der Waals surface area contributed by atoms with Crippen LogP contribution in [-0.2, 0) is 19.6 Å². The van der Waals surface area contributed by atoms with Gasteiger partial charge in [0, 0.05) is 20.0 Å². The normalized spacial score (nSPS) is 11.2. The minimum Gasteiger partial charge on any atom is -0.481 e. The van der Waals surface area contributed by atoms with Crippen LogP contribution >= 0.6 is 0 Å². The Morgan fingerprint density at radius 3 is 2.41 bits per heavy atom. The predicted octanol–water partition coefficient (Wildman–Crippen LogP) is -0.751. The fraction of sp³-hybridized carbons (Fsp3) is 0.778. The quantitative estimate of drug-likeness (QED) is 0.601. The van der Waals surface area contributed by atoms with Gasteiger partial charge in [0.25, 0.3) is 0 Å². The molecule has 0 unspecified atom stereocenters. The smallest absolute Gasteiger partial charge is 0.303 e. The summed E-state index contributed by atoms with van der Waals surface area (Å²) in [6.07, 6.45) is -0.174. The predicted molar refractivity (Wildman–Crippen MR) is 62.0 cm³/mol. The highest BCUT2D eigenvalue weighted by Gasteiger charge is 2.14. The first-order chi connectivity index (χ1) is 7.78. The molecule has 1 amide bonds. The Hall–Kier alpha value is -1.15. The lowest BCUT2D eigenvalue weighted by Gasteiger charge is -2.14. The number of carbonyl (C=O) groups excluding carboxylic acids is 1. The van der Waals surface area contributed by atoms with Gasteiger partial charge < -0.3 is 10.0 Å². The second-order valence-electron chi connectivity index (χ2n) is 3.55. The van der Waals surface area contributed by atoms with E-state index in [9.17, 15) is 18.0 Å². The monoisotopic (exact) mass is 266 g/mol. The highest BCUT2D eigenvalue weighted by Crippen LogP contribution is 1.95. The number of rotatable bonds is 8. The standard InChI is InChI=1S/C9H18N2O5S/c1-3-11(2)8(12)7-10-17(15,16)6-4-5-9(13)14/h10H,3-7H2,1-2H3,(H,13,14). The van der Waals surface area contributed by atoms with Crippen molar-refractivity contribution in [1.29, 1.82) is 0 Å². The van der Waals surface area contributed by atoms with E-state index in [-0.39, 0.29) is 31.0 Å². The Kier molecular flexibility index (Phi) is 6.74. The highest BCUT2D eigenvalue weighted by atomic mass is 32.2. The van der Waals surface area contributed by atoms with Crippen LogP contribution in [0, 0.1) is 0 Å². The van der Waals surface area contributed by atoms with E-state index < -0.39 is 16.0 Å². The third kappa shape index (κ3) is 7.70. The lowest BCUT2D eigenvalue weighted by atomic mass is 10.3. The van der Waals surface area contributed by atoms with Crippen molar-refractivity contribution in [3.8, 4) is 0 Å². The van der Waals surface area contributed by atoms with E-state index in [0.717, 1.165) is 0 Å². The van der Waals surface area contributed by atoms with Crippen LogP contribution in [0.1, 0.15) is 19.8 Å². The largest absolute Gasteiger partial charge is 0.481 e. The zero-order chi connectivity index (χ0) is 13.5. The Morgan fingerprint density at radius 1 is 1.35 bits per heavy atom.